The van der Waals surface area contributed by atoms with Gasteiger partial charge >= 0.3 is 0 Å². The van der Waals surface area contributed by atoms with Crippen LogP contribution in [0.5, 0.6) is 0 Å². The molecule has 0 fully saturated rings. The lowest BCUT2D eigenvalue weighted by molar-refractivity contribution is 0.179. The van der Waals surface area contributed by atoms with E-state index in [1.807, 2.05) is 6.08 Å². The van der Waals surface area contributed by atoms with Crippen molar-refractivity contribution >= 4 is 0 Å². The third kappa shape index (κ3) is 8.23. The van der Waals surface area contributed by atoms with Crippen LogP contribution in [0.15, 0.2) is 12.7 Å². The van der Waals surface area contributed by atoms with Gasteiger partial charge in [-0.1, -0.05) is 6.08 Å². The smallest absolute Gasteiger partial charge is 0.0477 e. The van der Waals surface area contributed by atoms with Gasteiger partial charge in [-0.2, -0.15) is 0 Å². The third-order valence-corrected chi connectivity index (χ3v) is 2.19. The second kappa shape index (κ2) is 9.19. The lowest BCUT2D eigenvalue weighted by atomic mass is 10.2. The van der Waals surface area contributed by atoms with Crippen molar-refractivity contribution in [2.75, 3.05) is 33.9 Å². The van der Waals surface area contributed by atoms with Crippen LogP contribution in [0.25, 0.3) is 0 Å². The van der Waals surface area contributed by atoms with E-state index in [-0.39, 0.29) is 6.04 Å². The number of unbranched alkanes of at least 4 members (excludes halogenated alkanes) is 1. The Morgan fingerprint density at radius 2 is 2.29 bits per heavy atom. The summed E-state index contributed by atoms with van der Waals surface area (Å²) in [5.41, 5.74) is 5.92. The van der Waals surface area contributed by atoms with Gasteiger partial charge in [0.15, 0.2) is 0 Å². The number of methoxy groups -OCH3 is 1. The highest BCUT2D eigenvalue weighted by Crippen LogP contribution is 1.96. The molecule has 0 heterocycles. The fraction of sp³-hybridized carbons (Fsp3) is 0.818. The molecule has 0 radical (unpaired) electrons. The molecule has 0 rings (SSSR count). The molecule has 14 heavy (non-hydrogen) atoms. The van der Waals surface area contributed by atoms with Gasteiger partial charge in [-0.25, -0.2) is 0 Å². The molecule has 0 saturated carbocycles. The van der Waals surface area contributed by atoms with Crippen molar-refractivity contribution in [1.82, 2.24) is 4.90 Å². The Labute approximate surface area is 87.9 Å². The van der Waals surface area contributed by atoms with E-state index in [9.17, 15) is 0 Å². The van der Waals surface area contributed by atoms with Crippen LogP contribution < -0.4 is 5.73 Å². The van der Waals surface area contributed by atoms with E-state index in [4.69, 9.17) is 10.5 Å². The highest BCUT2D eigenvalue weighted by atomic mass is 16.5. The molecule has 3 nitrogen and oxygen atoms in total. The van der Waals surface area contributed by atoms with E-state index < -0.39 is 0 Å². The van der Waals surface area contributed by atoms with E-state index in [1.165, 1.54) is 0 Å². The van der Waals surface area contributed by atoms with E-state index in [0.717, 1.165) is 39.0 Å². The lowest BCUT2D eigenvalue weighted by Gasteiger charge is -2.20. The lowest BCUT2D eigenvalue weighted by Crippen LogP contribution is -2.36. The Balaban J connectivity index is 3.39. The minimum atomic E-state index is 0.226. The van der Waals surface area contributed by atoms with Crippen molar-refractivity contribution in [3.8, 4) is 0 Å². The second-order valence-corrected chi connectivity index (χ2v) is 3.73. The van der Waals surface area contributed by atoms with Crippen LogP contribution >= 0.6 is 0 Å². The number of rotatable bonds is 9. The van der Waals surface area contributed by atoms with Crippen molar-refractivity contribution in [3.05, 3.63) is 12.7 Å². The van der Waals surface area contributed by atoms with Crippen LogP contribution in [0.2, 0.25) is 0 Å². The van der Waals surface area contributed by atoms with E-state index in [0.29, 0.717) is 0 Å². The summed E-state index contributed by atoms with van der Waals surface area (Å²) in [4.78, 5) is 2.27. The van der Waals surface area contributed by atoms with E-state index in [2.05, 4.69) is 18.5 Å². The molecule has 0 saturated heterocycles. The summed E-state index contributed by atoms with van der Waals surface area (Å²) in [6.45, 7) is 6.49. The van der Waals surface area contributed by atoms with Crippen LogP contribution in [-0.4, -0.2) is 44.8 Å². The summed E-state index contributed by atoms with van der Waals surface area (Å²) in [5.74, 6) is 0. The molecule has 84 valence electrons. The molecule has 0 aromatic carbocycles. The zero-order valence-electron chi connectivity index (χ0n) is 9.54. The molecule has 0 spiro atoms. The van der Waals surface area contributed by atoms with Crippen LogP contribution in [0.1, 0.15) is 19.3 Å². The largest absolute Gasteiger partial charge is 0.385 e. The summed E-state index contributed by atoms with van der Waals surface area (Å²) in [6, 6.07) is 0.226. The third-order valence-electron chi connectivity index (χ3n) is 2.19. The van der Waals surface area contributed by atoms with Crippen molar-refractivity contribution in [3.63, 3.8) is 0 Å². The maximum absolute atomic E-state index is 5.92. The van der Waals surface area contributed by atoms with Gasteiger partial charge in [0.1, 0.15) is 0 Å². The van der Waals surface area contributed by atoms with Gasteiger partial charge in [0, 0.05) is 26.3 Å². The van der Waals surface area contributed by atoms with Crippen LogP contribution in [-0.2, 0) is 4.74 Å². The fourth-order valence-corrected chi connectivity index (χ4v) is 1.36. The number of hydrogen-bond donors (Lipinski definition) is 1. The molecule has 0 bridgehead atoms. The molecule has 0 aliphatic carbocycles. The molecule has 0 aliphatic rings. The molecule has 0 amide bonds. The number of nitrogens with zero attached hydrogens (tertiary/aromatic N) is 1. The van der Waals surface area contributed by atoms with Crippen LogP contribution in [0.4, 0.5) is 0 Å². The van der Waals surface area contributed by atoms with Gasteiger partial charge in [0.2, 0.25) is 0 Å². The molecule has 0 aliphatic heterocycles. The number of likely N-dealkylation sites (N-methyl/N-ethyl adjacent to an activating group) is 1. The van der Waals surface area contributed by atoms with Crippen LogP contribution in [0.3, 0.4) is 0 Å². The number of ether oxygens (including phenoxy) is 1. The highest BCUT2D eigenvalue weighted by molar-refractivity contribution is 4.69. The summed E-state index contributed by atoms with van der Waals surface area (Å²) >= 11 is 0. The van der Waals surface area contributed by atoms with E-state index >= 15 is 0 Å². The Morgan fingerprint density at radius 3 is 2.86 bits per heavy atom. The van der Waals surface area contributed by atoms with Gasteiger partial charge in [-0.3, -0.25) is 0 Å². The second-order valence-electron chi connectivity index (χ2n) is 3.73. The topological polar surface area (TPSA) is 38.5 Å². The van der Waals surface area contributed by atoms with Gasteiger partial charge in [0.25, 0.3) is 0 Å². The molecule has 3 heteroatoms. The van der Waals surface area contributed by atoms with Gasteiger partial charge in [0.05, 0.1) is 0 Å². The first-order chi connectivity index (χ1) is 6.70. The Kier molecular flexibility index (Phi) is 8.94. The van der Waals surface area contributed by atoms with Gasteiger partial charge in [-0.05, 0) is 32.9 Å². The maximum atomic E-state index is 5.92. The van der Waals surface area contributed by atoms with E-state index in [1.54, 1.807) is 7.11 Å². The van der Waals surface area contributed by atoms with Crippen molar-refractivity contribution in [1.29, 1.82) is 0 Å². The molecule has 2 N–H and O–H groups in total. The quantitative estimate of drug-likeness (QED) is 0.450. The Hall–Kier alpha value is -0.380. The normalized spacial score (nSPS) is 13.1. The first kappa shape index (κ1) is 13.6. The maximum Gasteiger partial charge on any atom is 0.0477 e. The molecule has 0 aromatic rings. The monoisotopic (exact) mass is 200 g/mol. The summed E-state index contributed by atoms with van der Waals surface area (Å²) < 4.78 is 4.98. The number of nitrogens with two attached hydrogens (primary N) is 1. The average Bonchev–Trinajstić information content (AvgIpc) is 2.15. The predicted octanol–water partition coefficient (Wildman–Crippen LogP) is 1.25. The molecule has 1 unspecified atom stereocenters. The average molecular weight is 200 g/mol. The predicted molar refractivity (Wildman–Crippen MR) is 61.4 cm³/mol. The summed E-state index contributed by atoms with van der Waals surface area (Å²) in [6.07, 6.45) is 5.13. The summed E-state index contributed by atoms with van der Waals surface area (Å²) in [7, 11) is 3.82. The van der Waals surface area contributed by atoms with Crippen LogP contribution in [0, 0.1) is 0 Å². The van der Waals surface area contributed by atoms with Gasteiger partial charge in [-0.15, -0.1) is 6.58 Å². The minimum Gasteiger partial charge on any atom is -0.385 e. The van der Waals surface area contributed by atoms with Crippen molar-refractivity contribution in [2.24, 2.45) is 5.73 Å². The van der Waals surface area contributed by atoms with Crippen molar-refractivity contribution < 1.29 is 4.74 Å². The molecule has 1 atom stereocenters. The zero-order valence-corrected chi connectivity index (χ0v) is 9.54. The minimum absolute atomic E-state index is 0.226. The molecular formula is C11H24N2O. The fourth-order valence-electron chi connectivity index (χ4n) is 1.36. The number of hydrogen-bond acceptors (Lipinski definition) is 3. The number of allylic oxidation sites excluding steroid dienone is 1. The first-order valence-corrected chi connectivity index (χ1v) is 5.24. The Bertz CT molecular complexity index is 139. The summed E-state index contributed by atoms with van der Waals surface area (Å²) in [5, 5.41) is 0. The van der Waals surface area contributed by atoms with Gasteiger partial charge < -0.3 is 15.4 Å². The SMILES string of the molecule is C=CCCCN(C)CC(N)CCOC. The highest BCUT2D eigenvalue weighted by Gasteiger charge is 2.05. The zero-order chi connectivity index (χ0) is 10.8. The first-order valence-electron chi connectivity index (χ1n) is 5.24. The Morgan fingerprint density at radius 1 is 1.57 bits per heavy atom. The van der Waals surface area contributed by atoms with Crippen molar-refractivity contribution in [2.45, 2.75) is 25.3 Å². The molecule has 0 aromatic heterocycles. The molecular weight excluding hydrogens is 176 g/mol. The standard InChI is InChI=1S/C11H24N2O/c1-4-5-6-8-13(2)10-11(12)7-9-14-3/h4,11H,1,5-10,12H2,2-3H3.